The van der Waals surface area contributed by atoms with E-state index in [1.54, 1.807) is 24.3 Å². The average Bonchev–Trinajstić information content (AvgIpc) is 2.73. The van der Waals surface area contributed by atoms with Gasteiger partial charge in [-0.05, 0) is 38.1 Å². The highest BCUT2D eigenvalue weighted by molar-refractivity contribution is 7.14. The van der Waals surface area contributed by atoms with Crippen LogP contribution < -0.4 is 15.8 Å². The monoisotopic (exact) mass is 310 g/mol. The molecule has 4 nitrogen and oxygen atoms in total. The standard InChI is InChI=1S/C14H15ClN2O2S/c1-3-19-12-5-4-9(6-10(12)15)17-14(18)13-7-11(16)8(2)20-13/h4-7H,3,16H2,1-2H3,(H,17,18). The fourth-order valence-electron chi connectivity index (χ4n) is 1.65. The van der Waals surface area contributed by atoms with Crippen molar-refractivity contribution in [2.45, 2.75) is 13.8 Å². The molecule has 0 aliphatic rings. The van der Waals surface area contributed by atoms with Crippen LogP contribution in [0.15, 0.2) is 24.3 Å². The van der Waals surface area contributed by atoms with Crippen LogP contribution in [0.25, 0.3) is 0 Å². The number of aryl methyl sites for hydroxylation is 1. The summed E-state index contributed by atoms with van der Waals surface area (Å²) in [5.41, 5.74) is 6.99. The Morgan fingerprint density at radius 3 is 2.75 bits per heavy atom. The van der Waals surface area contributed by atoms with Gasteiger partial charge in [-0.15, -0.1) is 11.3 Å². The molecule has 0 bridgehead atoms. The zero-order valence-electron chi connectivity index (χ0n) is 11.2. The predicted octanol–water partition coefficient (Wildman–Crippen LogP) is 3.94. The molecule has 0 spiro atoms. The highest BCUT2D eigenvalue weighted by Gasteiger charge is 2.12. The van der Waals surface area contributed by atoms with Gasteiger partial charge in [0.2, 0.25) is 0 Å². The molecule has 1 aromatic heterocycles. The number of carbonyl (C=O) groups is 1. The van der Waals surface area contributed by atoms with E-state index in [1.165, 1.54) is 11.3 Å². The molecule has 0 unspecified atom stereocenters. The molecule has 0 aliphatic carbocycles. The molecular formula is C14H15ClN2O2S. The molecule has 2 aromatic rings. The molecule has 0 fully saturated rings. The van der Waals surface area contributed by atoms with Gasteiger partial charge in [-0.2, -0.15) is 0 Å². The van der Waals surface area contributed by atoms with Gasteiger partial charge < -0.3 is 15.8 Å². The molecular weight excluding hydrogens is 296 g/mol. The van der Waals surface area contributed by atoms with E-state index in [1.807, 2.05) is 13.8 Å². The van der Waals surface area contributed by atoms with Crippen LogP contribution in [-0.4, -0.2) is 12.5 Å². The lowest BCUT2D eigenvalue weighted by Crippen LogP contribution is -2.10. The second-order valence-corrected chi connectivity index (χ2v) is 5.82. The molecule has 2 rings (SSSR count). The van der Waals surface area contributed by atoms with Crippen LogP contribution in [0.2, 0.25) is 5.02 Å². The molecule has 6 heteroatoms. The van der Waals surface area contributed by atoms with Gasteiger partial charge >= 0.3 is 0 Å². The number of halogens is 1. The molecule has 0 radical (unpaired) electrons. The molecule has 0 atom stereocenters. The third-order valence-corrected chi connectivity index (χ3v) is 4.03. The second-order valence-electron chi connectivity index (χ2n) is 4.15. The third kappa shape index (κ3) is 3.23. The minimum atomic E-state index is -0.199. The molecule has 1 amide bonds. The fourth-order valence-corrected chi connectivity index (χ4v) is 2.72. The molecule has 0 saturated carbocycles. The Bertz CT molecular complexity index is 621. The summed E-state index contributed by atoms with van der Waals surface area (Å²) in [5, 5.41) is 3.25. The molecule has 20 heavy (non-hydrogen) atoms. The summed E-state index contributed by atoms with van der Waals surface area (Å²) in [6.45, 7) is 4.30. The fraction of sp³-hybridized carbons (Fsp3) is 0.214. The van der Waals surface area contributed by atoms with Crippen LogP contribution in [0.1, 0.15) is 21.5 Å². The minimum absolute atomic E-state index is 0.199. The number of carbonyl (C=O) groups excluding carboxylic acids is 1. The van der Waals surface area contributed by atoms with E-state index >= 15 is 0 Å². The number of amides is 1. The van der Waals surface area contributed by atoms with Gasteiger partial charge in [-0.1, -0.05) is 11.6 Å². The van der Waals surface area contributed by atoms with E-state index in [0.717, 1.165) is 4.88 Å². The maximum Gasteiger partial charge on any atom is 0.265 e. The zero-order chi connectivity index (χ0) is 14.7. The Balaban J connectivity index is 2.13. The van der Waals surface area contributed by atoms with Gasteiger partial charge in [0.15, 0.2) is 0 Å². The van der Waals surface area contributed by atoms with E-state index in [4.69, 9.17) is 22.1 Å². The second kappa shape index (κ2) is 6.15. The highest BCUT2D eigenvalue weighted by atomic mass is 35.5. The van der Waals surface area contributed by atoms with Crippen molar-refractivity contribution in [3.8, 4) is 5.75 Å². The summed E-state index contributed by atoms with van der Waals surface area (Å²) < 4.78 is 5.34. The Kier molecular flexibility index (Phi) is 4.52. The molecule has 3 N–H and O–H groups in total. The van der Waals surface area contributed by atoms with Gasteiger partial charge in [0.1, 0.15) is 5.75 Å². The van der Waals surface area contributed by atoms with Gasteiger partial charge in [-0.25, -0.2) is 0 Å². The number of nitrogens with one attached hydrogen (secondary N) is 1. The third-order valence-electron chi connectivity index (χ3n) is 2.67. The highest BCUT2D eigenvalue weighted by Crippen LogP contribution is 2.29. The van der Waals surface area contributed by atoms with Crippen molar-refractivity contribution >= 4 is 40.2 Å². The van der Waals surface area contributed by atoms with Crippen molar-refractivity contribution in [3.05, 3.63) is 39.0 Å². The first-order chi connectivity index (χ1) is 9.51. The van der Waals surface area contributed by atoms with E-state index in [0.29, 0.717) is 33.6 Å². The summed E-state index contributed by atoms with van der Waals surface area (Å²) >= 11 is 7.44. The molecule has 0 aliphatic heterocycles. The van der Waals surface area contributed by atoms with Crippen LogP contribution in [0.3, 0.4) is 0 Å². The van der Waals surface area contributed by atoms with Gasteiger partial charge in [0.25, 0.3) is 5.91 Å². The lowest BCUT2D eigenvalue weighted by molar-refractivity contribution is 0.103. The van der Waals surface area contributed by atoms with Crippen molar-refractivity contribution < 1.29 is 9.53 Å². The van der Waals surface area contributed by atoms with Crippen molar-refractivity contribution in [3.63, 3.8) is 0 Å². The number of benzene rings is 1. The lowest BCUT2D eigenvalue weighted by atomic mass is 10.3. The topological polar surface area (TPSA) is 64.3 Å². The maximum atomic E-state index is 12.1. The van der Waals surface area contributed by atoms with Crippen molar-refractivity contribution in [1.29, 1.82) is 0 Å². The van der Waals surface area contributed by atoms with Gasteiger partial charge in [-0.3, -0.25) is 4.79 Å². The smallest absolute Gasteiger partial charge is 0.265 e. The average molecular weight is 311 g/mol. The molecule has 1 aromatic carbocycles. The van der Waals surface area contributed by atoms with E-state index < -0.39 is 0 Å². The summed E-state index contributed by atoms with van der Waals surface area (Å²) in [7, 11) is 0. The number of hydrogen-bond donors (Lipinski definition) is 2. The Labute approximate surface area is 126 Å². The maximum absolute atomic E-state index is 12.1. The van der Waals surface area contributed by atoms with Gasteiger partial charge in [0.05, 0.1) is 16.5 Å². The SMILES string of the molecule is CCOc1ccc(NC(=O)c2cc(N)c(C)s2)cc1Cl. The first-order valence-electron chi connectivity index (χ1n) is 6.11. The van der Waals surface area contributed by atoms with Crippen LogP contribution >= 0.6 is 22.9 Å². The Morgan fingerprint density at radius 2 is 2.20 bits per heavy atom. The van der Waals surface area contributed by atoms with Crippen molar-refractivity contribution in [2.75, 3.05) is 17.7 Å². The van der Waals surface area contributed by atoms with Crippen LogP contribution in [0.4, 0.5) is 11.4 Å². The number of hydrogen-bond acceptors (Lipinski definition) is 4. The van der Waals surface area contributed by atoms with Gasteiger partial charge in [0, 0.05) is 16.3 Å². The number of nitrogen functional groups attached to an aromatic ring is 1. The number of rotatable bonds is 4. The normalized spacial score (nSPS) is 10.3. The van der Waals surface area contributed by atoms with Crippen LogP contribution in [-0.2, 0) is 0 Å². The van der Waals surface area contributed by atoms with Crippen molar-refractivity contribution in [2.24, 2.45) is 0 Å². The minimum Gasteiger partial charge on any atom is -0.492 e. The first kappa shape index (κ1) is 14.7. The number of thiophene rings is 1. The number of ether oxygens (including phenoxy) is 1. The lowest BCUT2D eigenvalue weighted by Gasteiger charge is -2.08. The first-order valence-corrected chi connectivity index (χ1v) is 7.30. The Hall–Kier alpha value is -1.72. The molecule has 1 heterocycles. The summed E-state index contributed by atoms with van der Waals surface area (Å²) in [4.78, 5) is 13.6. The quantitative estimate of drug-likeness (QED) is 0.899. The Morgan fingerprint density at radius 1 is 1.45 bits per heavy atom. The van der Waals surface area contributed by atoms with Crippen LogP contribution in [0.5, 0.6) is 5.75 Å². The number of anilines is 2. The summed E-state index contributed by atoms with van der Waals surface area (Å²) in [6.07, 6.45) is 0. The zero-order valence-corrected chi connectivity index (χ0v) is 12.8. The summed E-state index contributed by atoms with van der Waals surface area (Å²) in [6, 6.07) is 6.81. The van der Waals surface area contributed by atoms with Crippen LogP contribution in [0, 0.1) is 6.92 Å². The summed E-state index contributed by atoms with van der Waals surface area (Å²) in [5.74, 6) is 0.401. The van der Waals surface area contributed by atoms with E-state index in [2.05, 4.69) is 5.32 Å². The van der Waals surface area contributed by atoms with E-state index in [9.17, 15) is 4.79 Å². The molecule has 106 valence electrons. The van der Waals surface area contributed by atoms with E-state index in [-0.39, 0.29) is 5.91 Å². The predicted molar refractivity (Wildman–Crippen MR) is 84.0 cm³/mol. The van der Waals surface area contributed by atoms with Crippen molar-refractivity contribution in [1.82, 2.24) is 0 Å². The number of nitrogens with two attached hydrogens (primary N) is 1. The largest absolute Gasteiger partial charge is 0.492 e. The molecule has 0 saturated heterocycles.